The molecular weight excluding hydrogens is 665 g/mol. The Morgan fingerprint density at radius 2 is 1.11 bits per heavy atom. The van der Waals surface area contributed by atoms with Crippen LogP contribution in [0.5, 0.6) is 0 Å². The highest BCUT2D eigenvalue weighted by Crippen LogP contribution is 2.62. The smallest absolute Gasteiger partial charge is 0.0974 e. The van der Waals surface area contributed by atoms with E-state index in [-0.39, 0.29) is 5.41 Å². The normalized spacial score (nSPS) is 16.5. The molecule has 55 heavy (non-hydrogen) atoms. The number of pyridine rings is 2. The fourth-order valence-corrected chi connectivity index (χ4v) is 10.7. The van der Waals surface area contributed by atoms with Crippen LogP contribution >= 0.6 is 0 Å². The van der Waals surface area contributed by atoms with Crippen molar-refractivity contribution in [1.29, 1.82) is 0 Å². The summed E-state index contributed by atoms with van der Waals surface area (Å²) in [6.45, 7) is 6.87. The van der Waals surface area contributed by atoms with E-state index in [0.717, 1.165) is 22.1 Å². The first-order valence-corrected chi connectivity index (χ1v) is 20.2. The zero-order chi connectivity index (χ0) is 36.9. The maximum absolute atomic E-state index is 5.43. The van der Waals surface area contributed by atoms with Gasteiger partial charge in [0.05, 0.1) is 16.4 Å². The largest absolute Gasteiger partial charge is 0.251 e. The number of benzene rings is 6. The lowest BCUT2D eigenvalue weighted by Crippen LogP contribution is -2.40. The molecule has 11 rings (SSSR count). The molecule has 0 unspecified atom stereocenters. The molecule has 0 amide bonds. The van der Waals surface area contributed by atoms with E-state index >= 15 is 0 Å². The van der Waals surface area contributed by atoms with Crippen LogP contribution in [0.2, 0.25) is 0 Å². The van der Waals surface area contributed by atoms with Gasteiger partial charge in [0.2, 0.25) is 0 Å². The van der Waals surface area contributed by atoms with Crippen molar-refractivity contribution in [2.75, 3.05) is 0 Å². The lowest BCUT2D eigenvalue weighted by molar-refractivity contribution is 0.437. The minimum atomic E-state index is -0.412. The van der Waals surface area contributed by atoms with Crippen molar-refractivity contribution in [2.45, 2.75) is 69.6 Å². The Morgan fingerprint density at radius 3 is 1.87 bits per heavy atom. The van der Waals surface area contributed by atoms with Crippen LogP contribution in [0.4, 0.5) is 0 Å². The maximum Gasteiger partial charge on any atom is 0.0974 e. The number of nitrogens with zero attached hydrogens (tertiary/aromatic N) is 2. The molecule has 1 fully saturated rings. The quantitative estimate of drug-likeness (QED) is 0.171. The summed E-state index contributed by atoms with van der Waals surface area (Å²) in [5.74, 6) is 0.487. The molecule has 8 aromatic rings. The molecule has 3 aliphatic carbocycles. The van der Waals surface area contributed by atoms with Gasteiger partial charge in [-0.05, 0) is 111 Å². The van der Waals surface area contributed by atoms with Crippen molar-refractivity contribution in [1.82, 2.24) is 9.97 Å². The zero-order valence-electron chi connectivity index (χ0n) is 31.9. The second kappa shape index (κ2) is 12.1. The van der Waals surface area contributed by atoms with Crippen LogP contribution in [-0.2, 0) is 10.8 Å². The van der Waals surface area contributed by atoms with Crippen LogP contribution in [-0.4, -0.2) is 9.97 Å². The number of aromatic nitrogens is 2. The highest BCUT2D eigenvalue weighted by Gasteiger charge is 2.53. The molecule has 0 bridgehead atoms. The molecule has 2 aromatic heterocycles. The maximum atomic E-state index is 5.43. The average molecular weight is 709 g/mol. The van der Waals surface area contributed by atoms with Crippen molar-refractivity contribution in [3.8, 4) is 33.4 Å². The van der Waals surface area contributed by atoms with Gasteiger partial charge < -0.3 is 0 Å². The fraction of sp³-hybridized carbons (Fsp3) is 0.208. The van der Waals surface area contributed by atoms with E-state index in [4.69, 9.17) is 9.97 Å². The molecule has 0 saturated heterocycles. The topological polar surface area (TPSA) is 25.8 Å². The highest BCUT2D eigenvalue weighted by molar-refractivity contribution is 6.08. The number of hydrogen-bond acceptors (Lipinski definition) is 2. The summed E-state index contributed by atoms with van der Waals surface area (Å²) in [7, 11) is 0. The van der Waals surface area contributed by atoms with Crippen LogP contribution < -0.4 is 0 Å². The Bertz CT molecular complexity index is 2800. The molecule has 0 N–H and O–H groups in total. The first-order valence-electron chi connectivity index (χ1n) is 20.2. The zero-order valence-corrected chi connectivity index (χ0v) is 31.9. The molecular formula is C53H44N2. The molecule has 3 aliphatic rings. The van der Waals surface area contributed by atoms with E-state index in [9.17, 15) is 0 Å². The van der Waals surface area contributed by atoms with Gasteiger partial charge in [-0.25, -0.2) is 0 Å². The highest BCUT2D eigenvalue weighted by atomic mass is 14.8. The number of fused-ring (bicyclic) bond motifs is 12. The summed E-state index contributed by atoms with van der Waals surface area (Å²) in [5.41, 5.74) is 19.7. The molecule has 266 valence electrons. The van der Waals surface area contributed by atoms with E-state index in [1.54, 1.807) is 0 Å². The second-order valence-electron chi connectivity index (χ2n) is 16.8. The first-order chi connectivity index (χ1) is 26.9. The number of aryl methyl sites for hydroxylation is 1. The van der Waals surface area contributed by atoms with Crippen molar-refractivity contribution < 1.29 is 0 Å². The molecule has 1 saturated carbocycles. The summed E-state index contributed by atoms with van der Waals surface area (Å²) < 4.78 is 0. The van der Waals surface area contributed by atoms with Gasteiger partial charge in [-0.15, -0.1) is 0 Å². The predicted octanol–water partition coefficient (Wildman–Crippen LogP) is 13.5. The summed E-state index contributed by atoms with van der Waals surface area (Å²) in [4.78, 5) is 10.5. The van der Waals surface area contributed by atoms with Crippen LogP contribution in [0, 0.1) is 6.92 Å². The number of hydrogen-bond donors (Lipinski definition) is 0. The van der Waals surface area contributed by atoms with Crippen LogP contribution in [0.1, 0.15) is 96.6 Å². The molecule has 6 aromatic carbocycles. The first kappa shape index (κ1) is 32.6. The van der Waals surface area contributed by atoms with Crippen molar-refractivity contribution >= 4 is 21.8 Å². The van der Waals surface area contributed by atoms with E-state index in [2.05, 4.69) is 166 Å². The molecule has 2 heterocycles. The van der Waals surface area contributed by atoms with Gasteiger partial charge in [-0.3, -0.25) is 9.97 Å². The van der Waals surface area contributed by atoms with Crippen molar-refractivity contribution in [3.05, 3.63) is 190 Å². The van der Waals surface area contributed by atoms with E-state index in [1.165, 1.54) is 110 Å². The lowest BCUT2D eigenvalue weighted by atomic mass is 9.55. The van der Waals surface area contributed by atoms with E-state index < -0.39 is 5.41 Å². The average Bonchev–Trinajstić information content (AvgIpc) is 3.53. The Hall–Kier alpha value is -5.86. The fourth-order valence-electron chi connectivity index (χ4n) is 10.7. The minimum absolute atomic E-state index is 0.120. The minimum Gasteiger partial charge on any atom is -0.251 e. The molecule has 1 spiro atoms. The Morgan fingerprint density at radius 1 is 0.473 bits per heavy atom. The second-order valence-corrected chi connectivity index (χ2v) is 16.8. The third kappa shape index (κ3) is 4.67. The van der Waals surface area contributed by atoms with E-state index in [0.29, 0.717) is 5.92 Å². The Labute approximate surface area is 324 Å². The summed E-state index contributed by atoms with van der Waals surface area (Å²) in [6.07, 6.45) is 6.29. The van der Waals surface area contributed by atoms with Gasteiger partial charge >= 0.3 is 0 Å². The van der Waals surface area contributed by atoms with Gasteiger partial charge in [-0.2, -0.15) is 0 Å². The third-order valence-corrected chi connectivity index (χ3v) is 13.4. The molecule has 0 atom stereocenters. The number of rotatable bonds is 3. The van der Waals surface area contributed by atoms with Crippen molar-refractivity contribution in [2.24, 2.45) is 0 Å². The summed E-state index contributed by atoms with van der Waals surface area (Å²) in [5, 5.41) is 2.32. The third-order valence-electron chi connectivity index (χ3n) is 13.4. The van der Waals surface area contributed by atoms with Crippen LogP contribution in [0.3, 0.4) is 0 Å². The van der Waals surface area contributed by atoms with Gasteiger partial charge in [0.15, 0.2) is 0 Å². The molecule has 0 aliphatic heterocycles. The van der Waals surface area contributed by atoms with Crippen LogP contribution in [0.25, 0.3) is 55.2 Å². The van der Waals surface area contributed by atoms with Crippen molar-refractivity contribution in [3.63, 3.8) is 0 Å². The van der Waals surface area contributed by atoms with Gasteiger partial charge in [0, 0.05) is 33.5 Å². The van der Waals surface area contributed by atoms with Gasteiger partial charge in [0.25, 0.3) is 0 Å². The predicted molar refractivity (Wildman–Crippen MR) is 228 cm³/mol. The monoisotopic (exact) mass is 708 g/mol. The Kier molecular flexibility index (Phi) is 7.15. The molecule has 0 radical (unpaired) electrons. The SMILES string of the molecule is Cc1ccc2ccc3c(-c4cccc(-c5ccc6c(c5)C5(c7ccccc7-6)c6ccccc6C(C)(C)c6ccccc65)c4)cc(C4CCCCC4)nc3c2n1. The lowest BCUT2D eigenvalue weighted by Gasteiger charge is -2.46. The standard InChI is InChI=1S/C53H44N2/c1-33-24-25-35-26-29-41-42(32-49(34-14-5-4-6-15-34)55-51(41)50(35)54-33)38-17-13-16-36(30-38)37-27-28-40-39-18-7-8-19-43(39)53(48(40)31-37)46-22-11-9-20-44(46)52(2,3)45-21-10-12-23-47(45)53/h7-13,16-32,34H,4-6,14-15H2,1-3H3. The van der Waals surface area contributed by atoms with Gasteiger partial charge in [0.1, 0.15) is 0 Å². The van der Waals surface area contributed by atoms with E-state index in [1.807, 2.05) is 0 Å². The summed E-state index contributed by atoms with van der Waals surface area (Å²) >= 11 is 0. The summed E-state index contributed by atoms with van der Waals surface area (Å²) in [6, 6.07) is 55.2. The molecule has 2 heteroatoms. The van der Waals surface area contributed by atoms with Gasteiger partial charge in [-0.1, -0.05) is 154 Å². The Balaban J connectivity index is 1.13. The van der Waals surface area contributed by atoms with Crippen LogP contribution in [0.15, 0.2) is 146 Å². The molecule has 2 nitrogen and oxygen atoms in total.